The number of anilines is 1. The third kappa shape index (κ3) is 5.71. The van der Waals surface area contributed by atoms with E-state index in [2.05, 4.69) is 49.0 Å². The van der Waals surface area contributed by atoms with E-state index < -0.39 is 0 Å². The standard InChI is InChI=1S/C17H23BrN4O/c1-12-7-8-13(18)11-15(12)22-16(23)9-10-20-17(19-2)21-14-5-3-4-6-14/h3-4,7-8,11,14H,5-6,9-10H2,1-2H3,(H,22,23)(H2,19,20,21). The van der Waals surface area contributed by atoms with E-state index in [4.69, 9.17) is 0 Å². The molecule has 0 saturated carbocycles. The zero-order valence-corrected chi connectivity index (χ0v) is 15.1. The summed E-state index contributed by atoms with van der Waals surface area (Å²) < 4.78 is 0.950. The molecule has 1 amide bonds. The zero-order valence-electron chi connectivity index (χ0n) is 13.5. The molecule has 0 radical (unpaired) electrons. The molecule has 0 heterocycles. The average Bonchev–Trinajstić information content (AvgIpc) is 3.03. The van der Waals surface area contributed by atoms with E-state index in [9.17, 15) is 4.79 Å². The first-order valence-corrected chi connectivity index (χ1v) is 8.56. The Morgan fingerprint density at radius 1 is 1.35 bits per heavy atom. The van der Waals surface area contributed by atoms with Crippen LogP contribution < -0.4 is 16.0 Å². The number of carbonyl (C=O) groups excluding carboxylic acids is 1. The second kappa shape index (κ2) is 8.72. The van der Waals surface area contributed by atoms with E-state index >= 15 is 0 Å². The minimum atomic E-state index is -0.0170. The van der Waals surface area contributed by atoms with Crippen molar-refractivity contribution in [1.82, 2.24) is 10.6 Å². The molecule has 1 aliphatic carbocycles. The van der Waals surface area contributed by atoms with Crippen molar-refractivity contribution >= 4 is 33.5 Å². The Labute approximate surface area is 145 Å². The van der Waals surface area contributed by atoms with Crippen molar-refractivity contribution in [2.45, 2.75) is 32.2 Å². The largest absolute Gasteiger partial charge is 0.356 e. The van der Waals surface area contributed by atoms with Gasteiger partial charge in [0, 0.05) is 36.2 Å². The molecular weight excluding hydrogens is 356 g/mol. The van der Waals surface area contributed by atoms with Crippen LogP contribution >= 0.6 is 15.9 Å². The highest BCUT2D eigenvalue weighted by atomic mass is 79.9. The normalized spacial score (nSPS) is 14.8. The lowest BCUT2D eigenvalue weighted by Gasteiger charge is -2.16. The number of aliphatic imine (C=N–C) groups is 1. The van der Waals surface area contributed by atoms with E-state index in [0.29, 0.717) is 19.0 Å². The van der Waals surface area contributed by atoms with Crippen LogP contribution in [0.2, 0.25) is 0 Å². The van der Waals surface area contributed by atoms with Crippen LogP contribution in [0.5, 0.6) is 0 Å². The highest BCUT2D eigenvalue weighted by Crippen LogP contribution is 2.20. The molecule has 1 aromatic carbocycles. The maximum Gasteiger partial charge on any atom is 0.226 e. The van der Waals surface area contributed by atoms with Crippen molar-refractivity contribution in [1.29, 1.82) is 0 Å². The number of hydrogen-bond donors (Lipinski definition) is 3. The third-order valence-corrected chi connectivity index (χ3v) is 4.18. The summed E-state index contributed by atoms with van der Waals surface area (Å²) in [5.41, 5.74) is 1.88. The van der Waals surface area contributed by atoms with Crippen LogP contribution in [0, 0.1) is 6.92 Å². The first-order chi connectivity index (χ1) is 11.1. The van der Waals surface area contributed by atoms with Gasteiger partial charge in [-0.1, -0.05) is 34.1 Å². The monoisotopic (exact) mass is 378 g/mol. The van der Waals surface area contributed by atoms with E-state index in [-0.39, 0.29) is 5.91 Å². The van der Waals surface area contributed by atoms with Gasteiger partial charge < -0.3 is 16.0 Å². The van der Waals surface area contributed by atoms with E-state index in [1.54, 1.807) is 7.05 Å². The number of nitrogens with one attached hydrogen (secondary N) is 3. The molecule has 6 heteroatoms. The number of carbonyl (C=O) groups is 1. The smallest absolute Gasteiger partial charge is 0.226 e. The lowest BCUT2D eigenvalue weighted by atomic mass is 10.2. The summed E-state index contributed by atoms with van der Waals surface area (Å²) >= 11 is 3.42. The van der Waals surface area contributed by atoms with E-state index in [1.807, 2.05) is 25.1 Å². The third-order valence-electron chi connectivity index (χ3n) is 3.69. The quantitative estimate of drug-likeness (QED) is 0.419. The minimum absolute atomic E-state index is 0.0170. The summed E-state index contributed by atoms with van der Waals surface area (Å²) in [6.07, 6.45) is 6.75. The highest BCUT2D eigenvalue weighted by Gasteiger charge is 2.12. The van der Waals surface area contributed by atoms with Crippen LogP contribution in [0.4, 0.5) is 5.69 Å². The van der Waals surface area contributed by atoms with Crippen LogP contribution in [-0.2, 0) is 4.79 Å². The zero-order chi connectivity index (χ0) is 16.7. The fraction of sp³-hybridized carbons (Fsp3) is 0.412. The maximum absolute atomic E-state index is 12.1. The van der Waals surface area contributed by atoms with E-state index in [0.717, 1.165) is 34.5 Å². The van der Waals surface area contributed by atoms with Crippen molar-refractivity contribution in [3.63, 3.8) is 0 Å². The number of hydrogen-bond acceptors (Lipinski definition) is 2. The summed E-state index contributed by atoms with van der Waals surface area (Å²) in [5, 5.41) is 9.46. The van der Waals surface area contributed by atoms with Gasteiger partial charge in [0.2, 0.25) is 5.91 Å². The first kappa shape index (κ1) is 17.5. The van der Waals surface area contributed by atoms with Gasteiger partial charge in [0.1, 0.15) is 0 Å². The summed E-state index contributed by atoms with van der Waals surface area (Å²) in [4.78, 5) is 16.2. The molecule has 23 heavy (non-hydrogen) atoms. The van der Waals surface area contributed by atoms with Gasteiger partial charge in [0.15, 0.2) is 5.96 Å². The van der Waals surface area contributed by atoms with Gasteiger partial charge in [-0.05, 0) is 37.5 Å². The molecule has 0 aliphatic heterocycles. The van der Waals surface area contributed by atoms with Crippen LogP contribution in [0.15, 0.2) is 39.8 Å². The average molecular weight is 379 g/mol. The van der Waals surface area contributed by atoms with Gasteiger partial charge in [0.25, 0.3) is 0 Å². The van der Waals surface area contributed by atoms with Crippen molar-refractivity contribution < 1.29 is 4.79 Å². The number of amides is 1. The summed E-state index contributed by atoms with van der Waals surface area (Å²) in [5.74, 6) is 0.724. The Hall–Kier alpha value is -1.82. The molecule has 0 saturated heterocycles. The number of aryl methyl sites for hydroxylation is 1. The Morgan fingerprint density at radius 3 is 2.78 bits per heavy atom. The minimum Gasteiger partial charge on any atom is -0.356 e. The molecule has 0 aromatic heterocycles. The fourth-order valence-electron chi connectivity index (χ4n) is 2.36. The lowest BCUT2D eigenvalue weighted by molar-refractivity contribution is -0.116. The molecule has 0 unspecified atom stereocenters. The molecule has 3 N–H and O–H groups in total. The molecule has 1 aliphatic rings. The summed E-state index contributed by atoms with van der Waals surface area (Å²) in [7, 11) is 1.74. The Morgan fingerprint density at radius 2 is 2.09 bits per heavy atom. The molecule has 2 rings (SSSR count). The number of guanidine groups is 1. The molecule has 0 atom stereocenters. The van der Waals surface area contributed by atoms with Crippen molar-refractivity contribution in [2.24, 2.45) is 4.99 Å². The molecule has 0 bridgehead atoms. The van der Waals surface area contributed by atoms with Gasteiger partial charge in [-0.2, -0.15) is 0 Å². The second-order valence-electron chi connectivity index (χ2n) is 5.54. The topological polar surface area (TPSA) is 65.5 Å². The van der Waals surface area contributed by atoms with Crippen molar-refractivity contribution in [3.05, 3.63) is 40.4 Å². The molecule has 1 aromatic rings. The Bertz CT molecular complexity index is 605. The number of halogens is 1. The van der Waals surface area contributed by atoms with Crippen LogP contribution in [0.3, 0.4) is 0 Å². The van der Waals surface area contributed by atoms with Gasteiger partial charge in [-0.3, -0.25) is 9.79 Å². The SMILES string of the molecule is CN=C(NCCC(=O)Nc1cc(Br)ccc1C)NC1CC=CC1. The van der Waals surface area contributed by atoms with Gasteiger partial charge in [0.05, 0.1) is 0 Å². The lowest BCUT2D eigenvalue weighted by Crippen LogP contribution is -2.43. The number of rotatable bonds is 5. The summed E-state index contributed by atoms with van der Waals surface area (Å²) in [6.45, 7) is 2.51. The Kier molecular flexibility index (Phi) is 6.65. The maximum atomic E-state index is 12.1. The van der Waals surface area contributed by atoms with Crippen molar-refractivity contribution in [2.75, 3.05) is 18.9 Å². The molecule has 124 valence electrons. The second-order valence-corrected chi connectivity index (χ2v) is 6.46. The molecule has 5 nitrogen and oxygen atoms in total. The predicted molar refractivity (Wildman–Crippen MR) is 98.8 cm³/mol. The highest BCUT2D eigenvalue weighted by molar-refractivity contribution is 9.10. The molecule has 0 fully saturated rings. The fourth-order valence-corrected chi connectivity index (χ4v) is 2.72. The van der Waals surface area contributed by atoms with E-state index in [1.165, 1.54) is 0 Å². The molecular formula is C17H23BrN4O. The summed E-state index contributed by atoms with van der Waals surface area (Å²) in [6, 6.07) is 6.24. The predicted octanol–water partition coefficient (Wildman–Crippen LogP) is 2.97. The van der Waals surface area contributed by atoms with Crippen LogP contribution in [-0.4, -0.2) is 31.5 Å². The van der Waals surface area contributed by atoms with Crippen LogP contribution in [0.1, 0.15) is 24.8 Å². The van der Waals surface area contributed by atoms with Gasteiger partial charge in [-0.15, -0.1) is 0 Å². The van der Waals surface area contributed by atoms with Crippen molar-refractivity contribution in [3.8, 4) is 0 Å². The number of nitrogens with zero attached hydrogens (tertiary/aromatic N) is 1. The van der Waals surface area contributed by atoms with Gasteiger partial charge in [-0.25, -0.2) is 0 Å². The van der Waals surface area contributed by atoms with Crippen LogP contribution in [0.25, 0.3) is 0 Å². The Balaban J connectivity index is 1.74. The van der Waals surface area contributed by atoms with Gasteiger partial charge >= 0.3 is 0 Å². The molecule has 0 spiro atoms. The number of benzene rings is 1. The first-order valence-electron chi connectivity index (χ1n) is 7.76.